The van der Waals surface area contributed by atoms with Gasteiger partial charge >= 0.3 is 0 Å². The van der Waals surface area contributed by atoms with Crippen molar-refractivity contribution in [3.63, 3.8) is 0 Å². The van der Waals surface area contributed by atoms with Gasteiger partial charge in [-0.1, -0.05) is 11.8 Å². The van der Waals surface area contributed by atoms with Crippen LogP contribution in [0.1, 0.15) is 36.8 Å². The summed E-state index contributed by atoms with van der Waals surface area (Å²) in [5.74, 6) is 0.702. The Hall–Kier alpha value is -2.13. The van der Waals surface area contributed by atoms with Crippen molar-refractivity contribution >= 4 is 45.0 Å². The van der Waals surface area contributed by atoms with Crippen molar-refractivity contribution in [2.24, 2.45) is 7.05 Å². The number of aromatic nitrogens is 4. The molecule has 1 N–H and O–H groups in total. The average molecular weight is 404 g/mol. The molecule has 9 heteroatoms. The first-order chi connectivity index (χ1) is 13.0. The lowest BCUT2D eigenvalue weighted by atomic mass is 10.2. The summed E-state index contributed by atoms with van der Waals surface area (Å²) in [5, 5.41) is 8.42. The van der Waals surface area contributed by atoms with Gasteiger partial charge in [-0.15, -0.1) is 11.3 Å². The van der Waals surface area contributed by atoms with Gasteiger partial charge in [0.15, 0.2) is 5.16 Å². The highest BCUT2D eigenvalue weighted by Crippen LogP contribution is 2.35. The van der Waals surface area contributed by atoms with E-state index < -0.39 is 0 Å². The van der Waals surface area contributed by atoms with E-state index in [9.17, 15) is 9.59 Å². The van der Waals surface area contributed by atoms with Crippen molar-refractivity contribution in [3.8, 4) is 0 Å². The zero-order valence-electron chi connectivity index (χ0n) is 15.5. The fraction of sp³-hybridized carbons (Fsp3) is 0.444. The molecule has 0 fully saturated rings. The number of hydrogen-bond donors (Lipinski definition) is 1. The van der Waals surface area contributed by atoms with Gasteiger partial charge in [0.25, 0.3) is 5.56 Å². The molecule has 0 aromatic carbocycles. The molecule has 1 aliphatic carbocycles. The summed E-state index contributed by atoms with van der Waals surface area (Å²) in [7, 11) is 1.72. The molecule has 3 aromatic heterocycles. The number of fused-ring (bicyclic) bond motifs is 3. The topological polar surface area (TPSA) is 81.8 Å². The second-order valence-corrected chi connectivity index (χ2v) is 8.91. The van der Waals surface area contributed by atoms with E-state index in [0.29, 0.717) is 11.0 Å². The molecular weight excluding hydrogens is 382 g/mol. The first-order valence-corrected chi connectivity index (χ1v) is 10.7. The molecule has 0 bridgehead atoms. The molecule has 0 unspecified atom stereocenters. The predicted octanol–water partition coefficient (Wildman–Crippen LogP) is 2.99. The van der Waals surface area contributed by atoms with Crippen LogP contribution >= 0.6 is 23.1 Å². The lowest BCUT2D eigenvalue weighted by Crippen LogP contribution is -2.22. The predicted molar refractivity (Wildman–Crippen MR) is 109 cm³/mol. The zero-order valence-corrected chi connectivity index (χ0v) is 17.1. The number of thiophene rings is 1. The molecule has 27 heavy (non-hydrogen) atoms. The first-order valence-electron chi connectivity index (χ1n) is 8.93. The van der Waals surface area contributed by atoms with Crippen molar-refractivity contribution in [1.82, 2.24) is 19.3 Å². The highest BCUT2D eigenvalue weighted by atomic mass is 32.2. The van der Waals surface area contributed by atoms with E-state index >= 15 is 0 Å². The van der Waals surface area contributed by atoms with E-state index in [2.05, 4.69) is 15.4 Å². The number of carbonyl (C=O) groups excluding carboxylic acids is 1. The van der Waals surface area contributed by atoms with Gasteiger partial charge in [-0.3, -0.25) is 14.2 Å². The van der Waals surface area contributed by atoms with Gasteiger partial charge < -0.3 is 5.32 Å². The number of amides is 1. The molecule has 0 saturated carbocycles. The minimum atomic E-state index is -0.148. The van der Waals surface area contributed by atoms with Crippen LogP contribution in [0.3, 0.4) is 0 Å². The van der Waals surface area contributed by atoms with Gasteiger partial charge in [0.1, 0.15) is 10.6 Å². The number of hydrogen-bond acceptors (Lipinski definition) is 6. The summed E-state index contributed by atoms with van der Waals surface area (Å²) in [6, 6.07) is 1.93. The Morgan fingerprint density at radius 1 is 1.41 bits per heavy atom. The summed E-state index contributed by atoms with van der Waals surface area (Å²) >= 11 is 2.89. The van der Waals surface area contributed by atoms with Crippen LogP contribution in [0.4, 0.5) is 5.82 Å². The molecule has 0 saturated heterocycles. The van der Waals surface area contributed by atoms with Crippen molar-refractivity contribution in [2.45, 2.75) is 44.3 Å². The minimum Gasteiger partial charge on any atom is -0.310 e. The van der Waals surface area contributed by atoms with Gasteiger partial charge in [-0.2, -0.15) is 5.10 Å². The average Bonchev–Trinajstić information content (AvgIpc) is 3.32. The lowest BCUT2D eigenvalue weighted by Gasteiger charge is -2.12. The normalized spacial score (nSPS) is 13.5. The second kappa shape index (κ2) is 7.12. The Morgan fingerprint density at radius 3 is 3.00 bits per heavy atom. The molecule has 0 atom stereocenters. The van der Waals surface area contributed by atoms with Gasteiger partial charge in [0.2, 0.25) is 5.91 Å². The Kier molecular flexibility index (Phi) is 4.81. The van der Waals surface area contributed by atoms with Gasteiger partial charge in [-0.25, -0.2) is 9.67 Å². The third-order valence-corrected chi connectivity index (χ3v) is 6.88. The number of nitrogens with one attached hydrogen (secondary N) is 1. The number of rotatable bonds is 5. The third kappa shape index (κ3) is 3.29. The molecule has 142 valence electrons. The first kappa shape index (κ1) is 18.2. The van der Waals surface area contributed by atoms with Crippen LogP contribution in [0.25, 0.3) is 10.2 Å². The van der Waals surface area contributed by atoms with Crippen LogP contribution in [0.15, 0.2) is 22.2 Å². The zero-order chi connectivity index (χ0) is 19.1. The summed E-state index contributed by atoms with van der Waals surface area (Å²) in [6.07, 6.45) is 4.78. The van der Waals surface area contributed by atoms with Crippen LogP contribution < -0.4 is 10.9 Å². The standard InChI is InChI=1S/C18H21N5O2S2/c1-10(2)23-13(7-8-19-23)20-14(24)9-26-18-21-16-15(17(25)22(18)3)11-5-4-6-12(11)27-16/h7-8,10H,4-6,9H2,1-3H3,(H,20,24). The van der Waals surface area contributed by atoms with Crippen LogP contribution in [-0.2, 0) is 24.7 Å². The number of carbonyl (C=O) groups is 1. The smallest absolute Gasteiger partial charge is 0.262 e. The fourth-order valence-electron chi connectivity index (χ4n) is 3.37. The Balaban J connectivity index is 1.52. The largest absolute Gasteiger partial charge is 0.310 e. The van der Waals surface area contributed by atoms with Crippen molar-refractivity contribution < 1.29 is 4.79 Å². The second-order valence-electron chi connectivity index (χ2n) is 6.89. The van der Waals surface area contributed by atoms with E-state index in [0.717, 1.165) is 29.5 Å². The van der Waals surface area contributed by atoms with Crippen molar-refractivity contribution in [1.29, 1.82) is 0 Å². The summed E-state index contributed by atoms with van der Waals surface area (Å²) < 4.78 is 3.32. The number of anilines is 1. The number of nitrogens with zero attached hydrogens (tertiary/aromatic N) is 4. The van der Waals surface area contributed by atoms with E-state index in [4.69, 9.17) is 0 Å². The van der Waals surface area contributed by atoms with E-state index in [-0.39, 0.29) is 23.3 Å². The molecule has 0 aliphatic heterocycles. The van der Waals surface area contributed by atoms with Crippen LogP contribution in [0.5, 0.6) is 0 Å². The molecular formula is C18H21N5O2S2. The molecule has 3 heterocycles. The maximum absolute atomic E-state index is 12.8. The lowest BCUT2D eigenvalue weighted by molar-refractivity contribution is -0.113. The molecule has 4 rings (SSSR count). The monoisotopic (exact) mass is 403 g/mol. The Morgan fingerprint density at radius 2 is 2.22 bits per heavy atom. The van der Waals surface area contributed by atoms with Crippen molar-refractivity contribution in [2.75, 3.05) is 11.1 Å². The molecule has 0 radical (unpaired) electrons. The van der Waals surface area contributed by atoms with Crippen molar-refractivity contribution in [3.05, 3.63) is 33.1 Å². The van der Waals surface area contributed by atoms with Crippen LogP contribution in [0.2, 0.25) is 0 Å². The highest BCUT2D eigenvalue weighted by Gasteiger charge is 2.22. The Bertz CT molecular complexity index is 1080. The van der Waals surface area contributed by atoms with Crippen LogP contribution in [0, 0.1) is 0 Å². The van der Waals surface area contributed by atoms with Gasteiger partial charge in [0, 0.05) is 24.0 Å². The maximum Gasteiger partial charge on any atom is 0.262 e. The highest BCUT2D eigenvalue weighted by molar-refractivity contribution is 7.99. The maximum atomic E-state index is 12.8. The van der Waals surface area contributed by atoms with Crippen LogP contribution in [-0.4, -0.2) is 31.0 Å². The van der Waals surface area contributed by atoms with Gasteiger partial charge in [-0.05, 0) is 38.7 Å². The molecule has 3 aromatic rings. The van der Waals surface area contributed by atoms with Gasteiger partial charge in [0.05, 0.1) is 17.3 Å². The molecule has 1 amide bonds. The Labute approximate surface area is 164 Å². The summed E-state index contributed by atoms with van der Waals surface area (Å²) in [5.41, 5.74) is 1.17. The third-order valence-electron chi connectivity index (χ3n) is 4.66. The van der Waals surface area contributed by atoms with E-state index in [1.165, 1.54) is 22.2 Å². The molecule has 0 spiro atoms. The summed E-state index contributed by atoms with van der Waals surface area (Å²) in [4.78, 5) is 31.9. The molecule has 1 aliphatic rings. The van der Waals surface area contributed by atoms with E-state index in [1.54, 1.807) is 39.9 Å². The molecule has 7 nitrogen and oxygen atoms in total. The SMILES string of the molecule is CC(C)n1nccc1NC(=O)CSc1nc2sc3c(c2c(=O)n1C)CCC3. The number of aryl methyl sites for hydroxylation is 2. The van der Waals surface area contributed by atoms with E-state index in [1.807, 2.05) is 13.8 Å². The minimum absolute atomic E-state index is 0.0137. The number of thioether (sulfide) groups is 1. The quantitative estimate of drug-likeness (QED) is 0.523. The summed E-state index contributed by atoms with van der Waals surface area (Å²) in [6.45, 7) is 4.01. The fourth-order valence-corrected chi connectivity index (χ4v) is 5.44.